The highest BCUT2D eigenvalue weighted by molar-refractivity contribution is 7.15. The van der Waals surface area contributed by atoms with E-state index in [1.165, 1.54) is 22.6 Å². The molecule has 1 heterocycles. The molecule has 1 aliphatic carbocycles. The zero-order valence-corrected chi connectivity index (χ0v) is 13.7. The lowest BCUT2D eigenvalue weighted by Crippen LogP contribution is -2.21. The minimum atomic E-state index is 0.497. The molecule has 106 valence electrons. The van der Waals surface area contributed by atoms with Crippen LogP contribution in [0.1, 0.15) is 30.7 Å². The van der Waals surface area contributed by atoms with Gasteiger partial charge < -0.3 is 5.32 Å². The van der Waals surface area contributed by atoms with Gasteiger partial charge in [0.15, 0.2) is 0 Å². The standard InChI is InChI=1S/C16H17Cl2NS/c1-2-19-16(10-3-4-10)15-8-7-14(20-15)12-9-11(17)5-6-13(12)18/h5-10,16,19H,2-4H2,1H3. The predicted octanol–water partition coefficient (Wildman–Crippen LogP) is 5.78. The molecule has 2 aromatic rings. The van der Waals surface area contributed by atoms with Crippen LogP contribution in [0.4, 0.5) is 0 Å². The Balaban J connectivity index is 1.90. The van der Waals surface area contributed by atoms with Gasteiger partial charge in [-0.3, -0.25) is 0 Å². The van der Waals surface area contributed by atoms with Crippen LogP contribution in [0, 0.1) is 5.92 Å². The molecule has 1 aromatic heterocycles. The number of rotatable bonds is 5. The van der Waals surface area contributed by atoms with Crippen LogP contribution in [0.15, 0.2) is 30.3 Å². The first kappa shape index (κ1) is 14.4. The van der Waals surface area contributed by atoms with E-state index in [0.29, 0.717) is 6.04 Å². The number of hydrogen-bond donors (Lipinski definition) is 1. The summed E-state index contributed by atoms with van der Waals surface area (Å²) in [6, 6.07) is 10.5. The van der Waals surface area contributed by atoms with Gasteiger partial charge in [0.2, 0.25) is 0 Å². The maximum atomic E-state index is 6.29. The second kappa shape index (κ2) is 6.07. The molecule has 0 spiro atoms. The Morgan fingerprint density at radius 3 is 2.75 bits per heavy atom. The molecule has 1 fully saturated rings. The summed E-state index contributed by atoms with van der Waals surface area (Å²) < 4.78 is 0. The Hall–Kier alpha value is -0.540. The van der Waals surface area contributed by atoms with Crippen LogP contribution in [-0.4, -0.2) is 6.54 Å². The molecule has 1 nitrogen and oxygen atoms in total. The molecule has 3 rings (SSSR count). The van der Waals surface area contributed by atoms with Crippen molar-refractivity contribution in [3.05, 3.63) is 45.3 Å². The van der Waals surface area contributed by atoms with Crippen LogP contribution in [0.5, 0.6) is 0 Å². The van der Waals surface area contributed by atoms with E-state index in [1.807, 2.05) is 29.5 Å². The fraction of sp³-hybridized carbons (Fsp3) is 0.375. The zero-order chi connectivity index (χ0) is 14.1. The van der Waals surface area contributed by atoms with Gasteiger partial charge in [-0.25, -0.2) is 0 Å². The van der Waals surface area contributed by atoms with Crippen LogP contribution >= 0.6 is 34.5 Å². The first-order valence-electron chi connectivity index (χ1n) is 6.97. The van der Waals surface area contributed by atoms with E-state index < -0.39 is 0 Å². The normalized spacial score (nSPS) is 16.4. The summed E-state index contributed by atoms with van der Waals surface area (Å²) in [6.07, 6.45) is 2.67. The molecule has 1 unspecified atom stereocenters. The van der Waals surface area contributed by atoms with Crippen molar-refractivity contribution < 1.29 is 0 Å². The van der Waals surface area contributed by atoms with Gasteiger partial charge in [-0.1, -0.05) is 30.1 Å². The molecule has 0 radical (unpaired) electrons. The number of halogens is 2. The number of benzene rings is 1. The third kappa shape index (κ3) is 3.04. The van der Waals surface area contributed by atoms with Crippen molar-refractivity contribution in [3.8, 4) is 10.4 Å². The van der Waals surface area contributed by atoms with Gasteiger partial charge in [0.25, 0.3) is 0 Å². The third-order valence-corrected chi connectivity index (χ3v) is 5.41. The van der Waals surface area contributed by atoms with Crippen LogP contribution in [0.2, 0.25) is 10.0 Å². The van der Waals surface area contributed by atoms with Crippen molar-refractivity contribution in [3.63, 3.8) is 0 Å². The van der Waals surface area contributed by atoms with Crippen molar-refractivity contribution in [1.82, 2.24) is 5.32 Å². The van der Waals surface area contributed by atoms with E-state index in [2.05, 4.69) is 24.4 Å². The first-order chi connectivity index (χ1) is 9.69. The Labute approximate surface area is 133 Å². The lowest BCUT2D eigenvalue weighted by Gasteiger charge is -2.15. The van der Waals surface area contributed by atoms with Crippen molar-refractivity contribution >= 4 is 34.5 Å². The lowest BCUT2D eigenvalue weighted by atomic mass is 10.1. The van der Waals surface area contributed by atoms with Crippen molar-refractivity contribution in [1.29, 1.82) is 0 Å². The second-order valence-corrected chi connectivity index (χ2v) is 7.16. The molecular weight excluding hydrogens is 309 g/mol. The number of hydrogen-bond acceptors (Lipinski definition) is 2. The summed E-state index contributed by atoms with van der Waals surface area (Å²) in [4.78, 5) is 2.59. The summed E-state index contributed by atoms with van der Waals surface area (Å²) in [5.74, 6) is 0.802. The first-order valence-corrected chi connectivity index (χ1v) is 8.55. The maximum Gasteiger partial charge on any atom is 0.0493 e. The summed E-state index contributed by atoms with van der Waals surface area (Å²) >= 11 is 14.2. The summed E-state index contributed by atoms with van der Waals surface area (Å²) in [5.41, 5.74) is 1.03. The van der Waals surface area contributed by atoms with E-state index in [0.717, 1.165) is 28.1 Å². The fourth-order valence-corrected chi connectivity index (χ4v) is 4.16. The minimum Gasteiger partial charge on any atom is -0.309 e. The maximum absolute atomic E-state index is 6.29. The second-order valence-electron chi connectivity index (χ2n) is 5.20. The van der Waals surface area contributed by atoms with Gasteiger partial charge >= 0.3 is 0 Å². The Kier molecular flexibility index (Phi) is 4.37. The SMILES string of the molecule is CCNC(c1ccc(-c2cc(Cl)ccc2Cl)s1)C1CC1. The van der Waals surface area contributed by atoms with Crippen molar-refractivity contribution in [2.45, 2.75) is 25.8 Å². The average molecular weight is 326 g/mol. The summed E-state index contributed by atoms with van der Waals surface area (Å²) in [7, 11) is 0. The van der Waals surface area contributed by atoms with Crippen LogP contribution < -0.4 is 5.32 Å². The molecular formula is C16H17Cl2NS. The van der Waals surface area contributed by atoms with Crippen LogP contribution in [0.25, 0.3) is 10.4 Å². The highest BCUT2D eigenvalue weighted by atomic mass is 35.5. The average Bonchev–Trinajstić information content (AvgIpc) is 3.16. The Morgan fingerprint density at radius 2 is 2.05 bits per heavy atom. The van der Waals surface area contributed by atoms with E-state index in [4.69, 9.17) is 23.2 Å². The molecule has 0 saturated heterocycles. The van der Waals surface area contributed by atoms with Gasteiger partial charge in [-0.2, -0.15) is 0 Å². The minimum absolute atomic E-state index is 0.497. The summed E-state index contributed by atoms with van der Waals surface area (Å²) in [5, 5.41) is 5.09. The van der Waals surface area contributed by atoms with Gasteiger partial charge in [0.05, 0.1) is 0 Å². The van der Waals surface area contributed by atoms with Gasteiger partial charge in [0.1, 0.15) is 0 Å². The number of thiophene rings is 1. The molecule has 1 N–H and O–H groups in total. The monoisotopic (exact) mass is 325 g/mol. The molecule has 4 heteroatoms. The summed E-state index contributed by atoms with van der Waals surface area (Å²) in [6.45, 7) is 3.17. The van der Waals surface area contributed by atoms with Crippen LogP contribution in [0.3, 0.4) is 0 Å². The highest BCUT2D eigenvalue weighted by Crippen LogP contribution is 2.45. The molecule has 1 aliphatic rings. The largest absolute Gasteiger partial charge is 0.309 e. The van der Waals surface area contributed by atoms with Gasteiger partial charge in [0, 0.05) is 31.4 Å². The molecule has 1 atom stereocenters. The lowest BCUT2D eigenvalue weighted by molar-refractivity contribution is 0.504. The third-order valence-electron chi connectivity index (χ3n) is 3.64. The molecule has 20 heavy (non-hydrogen) atoms. The Bertz CT molecular complexity index is 604. The fourth-order valence-electron chi connectivity index (χ4n) is 2.50. The van der Waals surface area contributed by atoms with E-state index >= 15 is 0 Å². The van der Waals surface area contributed by atoms with Gasteiger partial charge in [-0.15, -0.1) is 11.3 Å². The molecule has 1 aromatic carbocycles. The molecule has 0 amide bonds. The van der Waals surface area contributed by atoms with E-state index in [-0.39, 0.29) is 0 Å². The predicted molar refractivity (Wildman–Crippen MR) is 88.9 cm³/mol. The van der Waals surface area contributed by atoms with Crippen LogP contribution in [-0.2, 0) is 0 Å². The zero-order valence-electron chi connectivity index (χ0n) is 11.3. The van der Waals surface area contributed by atoms with E-state index in [9.17, 15) is 0 Å². The Morgan fingerprint density at radius 1 is 1.25 bits per heavy atom. The highest BCUT2D eigenvalue weighted by Gasteiger charge is 2.32. The quantitative estimate of drug-likeness (QED) is 0.734. The molecule has 0 aliphatic heterocycles. The topological polar surface area (TPSA) is 12.0 Å². The van der Waals surface area contributed by atoms with E-state index in [1.54, 1.807) is 0 Å². The van der Waals surface area contributed by atoms with Crippen molar-refractivity contribution in [2.24, 2.45) is 5.92 Å². The van der Waals surface area contributed by atoms with Crippen molar-refractivity contribution in [2.75, 3.05) is 6.54 Å². The van der Waals surface area contributed by atoms with Gasteiger partial charge in [-0.05, 0) is 55.6 Å². The smallest absolute Gasteiger partial charge is 0.0493 e. The molecule has 1 saturated carbocycles. The molecule has 0 bridgehead atoms. The number of nitrogens with one attached hydrogen (secondary N) is 1.